The number of carbonyl (C=O) groups excluding carboxylic acids is 2. The summed E-state index contributed by atoms with van der Waals surface area (Å²) in [7, 11) is 0. The first-order valence-electron chi connectivity index (χ1n) is 7.74. The highest BCUT2D eigenvalue weighted by molar-refractivity contribution is 7.99. The number of ether oxygens (including phenoxy) is 1. The lowest BCUT2D eigenvalue weighted by atomic mass is 10.0. The van der Waals surface area contributed by atoms with Crippen LogP contribution in [0.1, 0.15) is 32.3 Å². The minimum Gasteiger partial charge on any atom is -0.450 e. The van der Waals surface area contributed by atoms with Crippen LogP contribution in [0.25, 0.3) is 5.69 Å². The number of imide groups is 1. The first-order chi connectivity index (χ1) is 11.5. The van der Waals surface area contributed by atoms with Crippen LogP contribution in [-0.2, 0) is 9.53 Å². The zero-order valence-electron chi connectivity index (χ0n) is 14.0. The Hall–Kier alpha value is -2.28. The molecule has 0 aliphatic carbocycles. The van der Waals surface area contributed by atoms with Gasteiger partial charge < -0.3 is 4.74 Å². The van der Waals surface area contributed by atoms with E-state index < -0.39 is 12.0 Å². The van der Waals surface area contributed by atoms with Crippen LogP contribution in [0.3, 0.4) is 0 Å². The average molecular weight is 347 g/mol. The van der Waals surface area contributed by atoms with Crippen LogP contribution in [0.15, 0.2) is 41.8 Å². The summed E-state index contributed by atoms with van der Waals surface area (Å²) < 4.78 is 6.58. The summed E-state index contributed by atoms with van der Waals surface area (Å²) >= 11 is 1.26. The molecule has 2 rings (SSSR count). The molecule has 1 aromatic carbocycles. The van der Waals surface area contributed by atoms with Crippen molar-refractivity contribution in [2.45, 2.75) is 31.8 Å². The highest BCUT2D eigenvalue weighted by atomic mass is 32.2. The lowest BCUT2D eigenvalue weighted by Crippen LogP contribution is -2.32. The molecule has 0 saturated carbocycles. The third-order valence-corrected chi connectivity index (χ3v) is 4.26. The molecule has 2 amide bonds. The van der Waals surface area contributed by atoms with E-state index in [0.29, 0.717) is 11.1 Å². The van der Waals surface area contributed by atoms with E-state index in [-0.39, 0.29) is 12.4 Å². The normalized spacial score (nSPS) is 10.7. The molecule has 1 N–H and O–H groups in total. The van der Waals surface area contributed by atoms with Gasteiger partial charge in [0, 0.05) is 18.1 Å². The van der Waals surface area contributed by atoms with Gasteiger partial charge in [-0.1, -0.05) is 37.7 Å². The Labute approximate surface area is 145 Å². The minimum atomic E-state index is -0.726. The number of imidazole rings is 1. The van der Waals surface area contributed by atoms with Gasteiger partial charge in [-0.15, -0.1) is 0 Å². The van der Waals surface area contributed by atoms with Crippen molar-refractivity contribution in [3.63, 3.8) is 0 Å². The van der Waals surface area contributed by atoms with E-state index in [1.165, 1.54) is 17.3 Å². The van der Waals surface area contributed by atoms with Crippen LogP contribution in [-0.4, -0.2) is 33.9 Å². The van der Waals surface area contributed by atoms with Crippen molar-refractivity contribution in [2.24, 2.45) is 0 Å². The van der Waals surface area contributed by atoms with Crippen molar-refractivity contribution in [3.8, 4) is 5.69 Å². The third kappa shape index (κ3) is 4.86. The Balaban J connectivity index is 2.00. The van der Waals surface area contributed by atoms with E-state index in [1.54, 1.807) is 13.1 Å². The summed E-state index contributed by atoms with van der Waals surface area (Å²) in [5.74, 6) is 0.144. The second kappa shape index (κ2) is 8.54. The SMILES string of the molecule is CCOC(=O)NC(=O)CSc1nccn1-c1ccc(C(C)C)cc1. The fraction of sp³-hybridized carbons (Fsp3) is 0.353. The molecule has 0 radical (unpaired) electrons. The van der Waals surface area contributed by atoms with Crippen molar-refractivity contribution < 1.29 is 14.3 Å². The predicted octanol–water partition coefficient (Wildman–Crippen LogP) is 3.36. The smallest absolute Gasteiger partial charge is 0.413 e. The van der Waals surface area contributed by atoms with Crippen molar-refractivity contribution in [3.05, 3.63) is 42.2 Å². The van der Waals surface area contributed by atoms with Crippen molar-refractivity contribution in [1.29, 1.82) is 0 Å². The van der Waals surface area contributed by atoms with E-state index in [2.05, 4.69) is 41.0 Å². The number of thioether (sulfide) groups is 1. The second-order valence-electron chi connectivity index (χ2n) is 5.38. The highest BCUT2D eigenvalue weighted by Gasteiger charge is 2.12. The number of aromatic nitrogens is 2. The number of rotatable bonds is 6. The Morgan fingerprint density at radius 3 is 2.62 bits per heavy atom. The number of carbonyl (C=O) groups is 2. The zero-order valence-corrected chi connectivity index (χ0v) is 14.8. The van der Waals surface area contributed by atoms with Crippen molar-refractivity contribution in [1.82, 2.24) is 14.9 Å². The van der Waals surface area contributed by atoms with Gasteiger partial charge in [0.2, 0.25) is 5.91 Å². The summed E-state index contributed by atoms with van der Waals surface area (Å²) in [5.41, 5.74) is 2.24. The number of amides is 2. The molecule has 1 aromatic heterocycles. The van der Waals surface area contributed by atoms with Crippen LogP contribution in [0.2, 0.25) is 0 Å². The first kappa shape index (κ1) is 18.1. The number of alkyl carbamates (subject to hydrolysis) is 1. The van der Waals surface area contributed by atoms with Gasteiger partial charge in [0.25, 0.3) is 0 Å². The molecule has 128 valence electrons. The highest BCUT2D eigenvalue weighted by Crippen LogP contribution is 2.22. The van der Waals surface area contributed by atoms with Crippen LogP contribution in [0.5, 0.6) is 0 Å². The van der Waals surface area contributed by atoms with Crippen LogP contribution < -0.4 is 5.32 Å². The van der Waals surface area contributed by atoms with E-state index in [0.717, 1.165) is 5.69 Å². The molecule has 1 heterocycles. The number of hydrogen-bond donors (Lipinski definition) is 1. The standard InChI is InChI=1S/C17H21N3O3S/c1-4-23-17(22)19-15(21)11-24-16-18-9-10-20(16)14-7-5-13(6-8-14)12(2)3/h5-10,12H,4,11H2,1-3H3,(H,19,21,22). The summed E-state index contributed by atoms with van der Waals surface area (Å²) in [5, 5.41) is 2.85. The minimum absolute atomic E-state index is 0.0832. The zero-order chi connectivity index (χ0) is 17.5. The fourth-order valence-corrected chi connectivity index (χ4v) is 2.83. The summed E-state index contributed by atoms with van der Waals surface area (Å²) in [6.45, 7) is 6.20. The van der Waals surface area contributed by atoms with Gasteiger partial charge in [0.05, 0.1) is 12.4 Å². The van der Waals surface area contributed by atoms with Crippen molar-refractivity contribution >= 4 is 23.8 Å². The predicted molar refractivity (Wildman–Crippen MR) is 93.5 cm³/mol. The Bertz CT molecular complexity index is 695. The molecular weight excluding hydrogens is 326 g/mol. The summed E-state index contributed by atoms with van der Waals surface area (Å²) in [6, 6.07) is 8.23. The number of benzene rings is 1. The van der Waals surface area contributed by atoms with Gasteiger partial charge in [-0.05, 0) is 30.5 Å². The first-order valence-corrected chi connectivity index (χ1v) is 8.73. The molecule has 0 aliphatic heterocycles. The van der Waals surface area contributed by atoms with Crippen LogP contribution in [0.4, 0.5) is 4.79 Å². The number of nitrogens with zero attached hydrogens (tertiary/aromatic N) is 2. The monoisotopic (exact) mass is 347 g/mol. The van der Waals surface area contributed by atoms with Gasteiger partial charge in [0.1, 0.15) is 0 Å². The Kier molecular flexibility index (Phi) is 6.43. The van der Waals surface area contributed by atoms with E-state index in [4.69, 9.17) is 0 Å². The van der Waals surface area contributed by atoms with Crippen molar-refractivity contribution in [2.75, 3.05) is 12.4 Å². The van der Waals surface area contributed by atoms with Crippen LogP contribution >= 0.6 is 11.8 Å². The lowest BCUT2D eigenvalue weighted by molar-refractivity contribution is -0.117. The van der Waals surface area contributed by atoms with Crippen LogP contribution in [0, 0.1) is 0 Å². The second-order valence-corrected chi connectivity index (χ2v) is 6.33. The van der Waals surface area contributed by atoms with Gasteiger partial charge in [-0.25, -0.2) is 9.78 Å². The average Bonchev–Trinajstić information content (AvgIpc) is 3.01. The third-order valence-electron chi connectivity index (χ3n) is 3.29. The molecule has 24 heavy (non-hydrogen) atoms. The molecule has 0 unspecified atom stereocenters. The molecule has 0 fully saturated rings. The topological polar surface area (TPSA) is 73.2 Å². The van der Waals surface area contributed by atoms with Gasteiger partial charge in [0.15, 0.2) is 5.16 Å². The Morgan fingerprint density at radius 2 is 2.00 bits per heavy atom. The maximum atomic E-state index is 11.7. The number of hydrogen-bond acceptors (Lipinski definition) is 5. The maximum absolute atomic E-state index is 11.7. The Morgan fingerprint density at radius 1 is 1.29 bits per heavy atom. The molecule has 0 atom stereocenters. The van der Waals surface area contributed by atoms with Gasteiger partial charge >= 0.3 is 6.09 Å². The molecule has 7 heteroatoms. The van der Waals surface area contributed by atoms with E-state index in [9.17, 15) is 9.59 Å². The summed E-state index contributed by atoms with van der Waals surface area (Å²) in [4.78, 5) is 27.2. The van der Waals surface area contributed by atoms with Gasteiger partial charge in [-0.2, -0.15) is 0 Å². The van der Waals surface area contributed by atoms with E-state index >= 15 is 0 Å². The molecule has 0 saturated heterocycles. The molecular formula is C17H21N3O3S. The largest absolute Gasteiger partial charge is 0.450 e. The fourth-order valence-electron chi connectivity index (χ4n) is 2.06. The molecule has 0 bridgehead atoms. The molecule has 6 nitrogen and oxygen atoms in total. The maximum Gasteiger partial charge on any atom is 0.413 e. The quantitative estimate of drug-likeness (QED) is 0.811. The molecule has 0 spiro atoms. The van der Waals surface area contributed by atoms with E-state index in [1.807, 2.05) is 22.9 Å². The molecule has 0 aliphatic rings. The molecule has 2 aromatic rings. The number of nitrogens with one attached hydrogen (secondary N) is 1. The summed E-state index contributed by atoms with van der Waals surface area (Å²) in [6.07, 6.45) is 2.80. The lowest BCUT2D eigenvalue weighted by Gasteiger charge is -2.10. The van der Waals surface area contributed by atoms with Gasteiger partial charge in [-0.3, -0.25) is 14.7 Å².